The summed E-state index contributed by atoms with van der Waals surface area (Å²) in [4.78, 5) is 11.9. The second kappa shape index (κ2) is 8.16. The van der Waals surface area contributed by atoms with Gasteiger partial charge in [0.2, 0.25) is 0 Å². The van der Waals surface area contributed by atoms with Crippen LogP contribution in [0.1, 0.15) is 11.7 Å². The van der Waals surface area contributed by atoms with E-state index in [9.17, 15) is 14.3 Å². The summed E-state index contributed by atoms with van der Waals surface area (Å²) in [7, 11) is 3.00. The average molecular weight is 334 g/mol. The lowest BCUT2D eigenvalue weighted by atomic mass is 10.1. The maximum atomic E-state index is 13.6. The van der Waals surface area contributed by atoms with Crippen molar-refractivity contribution in [1.29, 1.82) is 0 Å². The van der Waals surface area contributed by atoms with E-state index in [0.717, 1.165) is 0 Å². The molecule has 0 aliphatic carbocycles. The van der Waals surface area contributed by atoms with Crippen LogP contribution in [0, 0.1) is 5.82 Å². The first kappa shape index (κ1) is 17.6. The molecule has 0 saturated carbocycles. The Hall–Kier alpha value is -2.80. The zero-order valence-electron chi connectivity index (χ0n) is 13.4. The third kappa shape index (κ3) is 4.36. The molecule has 0 bridgehead atoms. The van der Waals surface area contributed by atoms with Gasteiger partial charge in [0, 0.05) is 18.2 Å². The van der Waals surface area contributed by atoms with Crippen LogP contribution < -0.4 is 20.1 Å². The molecule has 2 aromatic carbocycles. The van der Waals surface area contributed by atoms with Gasteiger partial charge in [-0.05, 0) is 18.2 Å². The Balaban J connectivity index is 1.95. The van der Waals surface area contributed by atoms with E-state index in [2.05, 4.69) is 10.6 Å². The summed E-state index contributed by atoms with van der Waals surface area (Å²) < 4.78 is 23.8. The summed E-state index contributed by atoms with van der Waals surface area (Å²) in [6.07, 6.45) is -1.14. The quantitative estimate of drug-likeness (QED) is 0.759. The molecule has 2 rings (SSSR count). The Kier molecular flexibility index (Phi) is 5.97. The lowest BCUT2D eigenvalue weighted by Crippen LogP contribution is -2.32. The molecule has 0 fully saturated rings. The third-order valence-electron chi connectivity index (χ3n) is 3.38. The van der Waals surface area contributed by atoms with Gasteiger partial charge in [0.15, 0.2) is 0 Å². The van der Waals surface area contributed by atoms with Crippen molar-refractivity contribution in [3.63, 3.8) is 0 Å². The van der Waals surface area contributed by atoms with E-state index >= 15 is 0 Å². The van der Waals surface area contributed by atoms with Crippen molar-refractivity contribution in [2.24, 2.45) is 0 Å². The predicted molar refractivity (Wildman–Crippen MR) is 87.9 cm³/mol. The van der Waals surface area contributed by atoms with Gasteiger partial charge in [-0.2, -0.15) is 0 Å². The van der Waals surface area contributed by atoms with Gasteiger partial charge in [0.05, 0.1) is 26.0 Å². The van der Waals surface area contributed by atoms with Crippen LogP contribution in [0.25, 0.3) is 0 Å². The van der Waals surface area contributed by atoms with Crippen LogP contribution in [0.5, 0.6) is 11.5 Å². The molecule has 3 N–H and O–H groups in total. The van der Waals surface area contributed by atoms with Crippen LogP contribution >= 0.6 is 0 Å². The first-order chi connectivity index (χ1) is 11.5. The second-order valence-electron chi connectivity index (χ2n) is 4.94. The molecule has 2 aromatic rings. The summed E-state index contributed by atoms with van der Waals surface area (Å²) in [5.41, 5.74) is 0.566. The Morgan fingerprint density at radius 3 is 2.62 bits per heavy atom. The molecule has 0 radical (unpaired) electrons. The molecular weight excluding hydrogens is 315 g/mol. The lowest BCUT2D eigenvalue weighted by molar-refractivity contribution is 0.170. The maximum absolute atomic E-state index is 13.6. The lowest BCUT2D eigenvalue weighted by Gasteiger charge is -2.15. The number of ether oxygens (including phenoxy) is 2. The summed E-state index contributed by atoms with van der Waals surface area (Å²) >= 11 is 0. The maximum Gasteiger partial charge on any atom is 0.319 e. The number of urea groups is 1. The zero-order valence-corrected chi connectivity index (χ0v) is 13.4. The summed E-state index contributed by atoms with van der Waals surface area (Å²) in [6, 6.07) is 10.2. The van der Waals surface area contributed by atoms with Crippen LogP contribution in [0.4, 0.5) is 14.9 Å². The number of aliphatic hydroxyl groups excluding tert-OH is 1. The van der Waals surface area contributed by atoms with Crippen molar-refractivity contribution in [2.45, 2.75) is 6.10 Å². The standard InChI is InChI=1S/C17H19FN2O4/c1-23-11-7-8-14(16(9-11)24-2)20-17(22)19-10-15(21)12-5-3-4-6-13(12)18/h3-9,15,21H,10H2,1-2H3,(H2,19,20,22)/t15-/m1/s1. The van der Waals surface area contributed by atoms with Gasteiger partial charge in [-0.15, -0.1) is 0 Å². The van der Waals surface area contributed by atoms with Crippen molar-refractivity contribution >= 4 is 11.7 Å². The molecule has 1 atom stereocenters. The van der Waals surface area contributed by atoms with E-state index in [1.807, 2.05) is 0 Å². The largest absolute Gasteiger partial charge is 0.497 e. The number of carbonyl (C=O) groups is 1. The number of aliphatic hydroxyl groups is 1. The molecule has 0 saturated heterocycles. The van der Waals surface area contributed by atoms with Gasteiger partial charge in [-0.3, -0.25) is 0 Å². The van der Waals surface area contributed by atoms with Crippen molar-refractivity contribution in [3.8, 4) is 11.5 Å². The van der Waals surface area contributed by atoms with Crippen molar-refractivity contribution in [1.82, 2.24) is 5.32 Å². The molecule has 7 heteroatoms. The van der Waals surface area contributed by atoms with Gasteiger partial charge < -0.3 is 25.2 Å². The highest BCUT2D eigenvalue weighted by atomic mass is 19.1. The van der Waals surface area contributed by atoms with Crippen LogP contribution in [0.15, 0.2) is 42.5 Å². The number of anilines is 1. The number of hydrogen-bond donors (Lipinski definition) is 3. The number of amides is 2. The highest BCUT2D eigenvalue weighted by Crippen LogP contribution is 2.28. The van der Waals surface area contributed by atoms with E-state index in [0.29, 0.717) is 17.2 Å². The molecule has 0 spiro atoms. The molecule has 0 aliphatic rings. The van der Waals surface area contributed by atoms with Gasteiger partial charge in [-0.1, -0.05) is 18.2 Å². The minimum absolute atomic E-state index is 0.125. The molecule has 0 heterocycles. The number of methoxy groups -OCH3 is 2. The van der Waals surface area contributed by atoms with Crippen molar-refractivity contribution in [2.75, 3.05) is 26.1 Å². The van der Waals surface area contributed by atoms with Crippen molar-refractivity contribution < 1.29 is 23.8 Å². The molecule has 0 aromatic heterocycles. The van der Waals surface area contributed by atoms with Crippen molar-refractivity contribution in [3.05, 3.63) is 53.8 Å². The minimum Gasteiger partial charge on any atom is -0.497 e. The van der Waals surface area contributed by atoms with E-state index < -0.39 is 18.0 Å². The van der Waals surface area contributed by atoms with Gasteiger partial charge >= 0.3 is 6.03 Å². The number of benzene rings is 2. The van der Waals surface area contributed by atoms with Crippen LogP contribution in [0.3, 0.4) is 0 Å². The predicted octanol–water partition coefficient (Wildman–Crippen LogP) is 2.70. The Labute approximate surface area is 139 Å². The van der Waals surface area contributed by atoms with E-state index in [1.54, 1.807) is 24.3 Å². The van der Waals surface area contributed by atoms with Gasteiger partial charge in [0.1, 0.15) is 17.3 Å². The summed E-state index contributed by atoms with van der Waals surface area (Å²) in [5, 5.41) is 15.0. The molecule has 0 unspecified atom stereocenters. The monoisotopic (exact) mass is 334 g/mol. The molecular formula is C17H19FN2O4. The van der Waals surface area contributed by atoms with Gasteiger partial charge in [0.25, 0.3) is 0 Å². The molecule has 6 nitrogen and oxygen atoms in total. The number of rotatable bonds is 6. The Morgan fingerprint density at radius 2 is 1.96 bits per heavy atom. The average Bonchev–Trinajstić information content (AvgIpc) is 2.60. The molecule has 2 amide bonds. The zero-order chi connectivity index (χ0) is 17.5. The fourth-order valence-electron chi connectivity index (χ4n) is 2.11. The first-order valence-corrected chi connectivity index (χ1v) is 7.24. The highest BCUT2D eigenvalue weighted by molar-refractivity contribution is 5.91. The first-order valence-electron chi connectivity index (χ1n) is 7.24. The topological polar surface area (TPSA) is 79.8 Å². The molecule has 24 heavy (non-hydrogen) atoms. The van der Waals surface area contributed by atoms with E-state index in [1.165, 1.54) is 32.4 Å². The number of hydrogen-bond acceptors (Lipinski definition) is 4. The number of nitrogens with one attached hydrogen (secondary N) is 2. The van der Waals surface area contributed by atoms with Gasteiger partial charge in [-0.25, -0.2) is 9.18 Å². The number of carbonyl (C=O) groups excluding carboxylic acids is 1. The van der Waals surface area contributed by atoms with E-state index in [4.69, 9.17) is 9.47 Å². The minimum atomic E-state index is -1.14. The normalized spacial score (nSPS) is 11.5. The smallest absolute Gasteiger partial charge is 0.319 e. The number of halogens is 1. The van der Waals surface area contributed by atoms with Crippen LogP contribution in [-0.2, 0) is 0 Å². The summed E-state index contributed by atoms with van der Waals surface area (Å²) in [5.74, 6) is 0.496. The van der Waals surface area contributed by atoms with Crippen LogP contribution in [-0.4, -0.2) is 31.9 Å². The fourth-order valence-corrected chi connectivity index (χ4v) is 2.11. The summed E-state index contributed by atoms with van der Waals surface area (Å²) in [6.45, 7) is -0.134. The Morgan fingerprint density at radius 1 is 1.21 bits per heavy atom. The molecule has 0 aliphatic heterocycles. The fraction of sp³-hybridized carbons (Fsp3) is 0.235. The van der Waals surface area contributed by atoms with Crippen LogP contribution in [0.2, 0.25) is 0 Å². The van der Waals surface area contributed by atoms with E-state index in [-0.39, 0.29) is 12.1 Å². The Bertz CT molecular complexity index is 709. The highest BCUT2D eigenvalue weighted by Gasteiger charge is 2.14. The second-order valence-corrected chi connectivity index (χ2v) is 4.94. The SMILES string of the molecule is COc1ccc(NC(=O)NC[C@@H](O)c2ccccc2F)c(OC)c1. The molecule has 128 valence electrons. The third-order valence-corrected chi connectivity index (χ3v) is 3.38.